The van der Waals surface area contributed by atoms with Crippen LogP contribution in [0, 0.1) is 5.92 Å². The van der Waals surface area contributed by atoms with Gasteiger partial charge in [-0.2, -0.15) is 0 Å². The molecule has 0 radical (unpaired) electrons. The normalized spacial score (nSPS) is 16.0. The maximum atomic E-state index is 12.6. The van der Waals surface area contributed by atoms with Gasteiger partial charge in [0, 0.05) is 24.3 Å². The summed E-state index contributed by atoms with van der Waals surface area (Å²) in [6.45, 7) is 0.689. The molecular formula is C16H16ClF2N3. The molecule has 1 atom stereocenters. The minimum absolute atomic E-state index is 0.000529. The van der Waals surface area contributed by atoms with Gasteiger partial charge in [0.25, 0.3) is 6.43 Å². The van der Waals surface area contributed by atoms with Gasteiger partial charge in [0.1, 0.15) is 5.15 Å². The summed E-state index contributed by atoms with van der Waals surface area (Å²) in [6.07, 6.45) is 0.916. The molecule has 1 aliphatic rings. The van der Waals surface area contributed by atoms with E-state index in [1.54, 1.807) is 0 Å². The summed E-state index contributed by atoms with van der Waals surface area (Å²) in [7, 11) is 0. The van der Waals surface area contributed by atoms with Crippen LogP contribution in [0.5, 0.6) is 0 Å². The molecule has 1 aromatic carbocycles. The highest BCUT2D eigenvalue weighted by atomic mass is 35.5. The third kappa shape index (κ3) is 3.59. The topological polar surface area (TPSA) is 37.8 Å². The molecule has 1 heterocycles. The number of nitrogens with zero attached hydrogens (tertiary/aromatic N) is 2. The van der Waals surface area contributed by atoms with E-state index in [0.29, 0.717) is 18.0 Å². The summed E-state index contributed by atoms with van der Waals surface area (Å²) in [6, 6.07) is 10.0. The van der Waals surface area contributed by atoms with Crippen molar-refractivity contribution < 1.29 is 8.78 Å². The monoisotopic (exact) mass is 323 g/mol. The van der Waals surface area contributed by atoms with Crippen LogP contribution >= 0.6 is 11.6 Å². The number of alkyl halides is 2. The van der Waals surface area contributed by atoms with Gasteiger partial charge in [0.15, 0.2) is 5.82 Å². The van der Waals surface area contributed by atoms with E-state index in [4.69, 9.17) is 11.6 Å². The van der Waals surface area contributed by atoms with Crippen LogP contribution in [0.15, 0.2) is 36.5 Å². The van der Waals surface area contributed by atoms with Gasteiger partial charge in [-0.05, 0) is 24.3 Å². The first-order valence-corrected chi connectivity index (χ1v) is 7.60. The number of rotatable bonds is 6. The average Bonchev–Trinajstić information content (AvgIpc) is 3.34. The summed E-state index contributed by atoms with van der Waals surface area (Å²) in [4.78, 5) is 7.46. The van der Waals surface area contributed by atoms with E-state index in [1.165, 1.54) is 6.20 Å². The van der Waals surface area contributed by atoms with Gasteiger partial charge in [0.05, 0.1) is 0 Å². The van der Waals surface area contributed by atoms with Crippen molar-refractivity contribution in [2.45, 2.75) is 31.9 Å². The molecule has 1 N–H and O–H groups in total. The predicted octanol–water partition coefficient (Wildman–Crippen LogP) is 4.31. The maximum absolute atomic E-state index is 12.6. The summed E-state index contributed by atoms with van der Waals surface area (Å²) < 4.78 is 25.2. The quantitative estimate of drug-likeness (QED) is 0.805. The Morgan fingerprint density at radius 3 is 2.55 bits per heavy atom. The second-order valence-electron chi connectivity index (χ2n) is 5.46. The molecule has 1 aromatic heterocycles. The summed E-state index contributed by atoms with van der Waals surface area (Å²) in [5.74, 6) is -0.0615. The number of hydrogen-bond donors (Lipinski definition) is 1. The van der Waals surface area contributed by atoms with Crippen molar-refractivity contribution in [3.8, 4) is 0 Å². The number of hydrogen-bond acceptors (Lipinski definition) is 3. The van der Waals surface area contributed by atoms with Gasteiger partial charge in [-0.25, -0.2) is 18.7 Å². The lowest BCUT2D eigenvalue weighted by molar-refractivity contribution is 0.140. The van der Waals surface area contributed by atoms with Gasteiger partial charge in [0.2, 0.25) is 0 Å². The van der Waals surface area contributed by atoms with Crippen LogP contribution < -0.4 is 5.32 Å². The van der Waals surface area contributed by atoms with Crippen molar-refractivity contribution in [2.24, 2.45) is 5.92 Å². The van der Waals surface area contributed by atoms with Crippen LogP contribution in [0.1, 0.15) is 42.3 Å². The van der Waals surface area contributed by atoms with Crippen LogP contribution in [-0.2, 0) is 6.54 Å². The highest BCUT2D eigenvalue weighted by Gasteiger charge is 2.34. The lowest BCUT2D eigenvalue weighted by Gasteiger charge is -2.19. The van der Waals surface area contributed by atoms with E-state index >= 15 is 0 Å². The molecule has 0 saturated heterocycles. The lowest BCUT2D eigenvalue weighted by atomic mass is 10.1. The molecule has 6 heteroatoms. The summed E-state index contributed by atoms with van der Waals surface area (Å²) >= 11 is 6.10. The minimum Gasteiger partial charge on any atom is -0.305 e. The standard InChI is InChI=1S/C16H16ClF2N3/c17-14-12(9-21-16(22-14)15(18)19)13(11-6-7-11)20-8-10-4-2-1-3-5-10/h1-5,9,11,13,15,20H,6-8H2. The number of halogens is 3. The first-order chi connectivity index (χ1) is 10.6. The van der Waals surface area contributed by atoms with Gasteiger partial charge in [-0.15, -0.1) is 0 Å². The molecule has 3 rings (SSSR count). The lowest BCUT2D eigenvalue weighted by Crippen LogP contribution is -2.23. The molecule has 1 saturated carbocycles. The fourth-order valence-electron chi connectivity index (χ4n) is 2.48. The van der Waals surface area contributed by atoms with Crippen molar-refractivity contribution >= 4 is 11.6 Å². The van der Waals surface area contributed by atoms with Gasteiger partial charge in [-0.1, -0.05) is 41.9 Å². The van der Waals surface area contributed by atoms with E-state index in [9.17, 15) is 8.78 Å². The van der Waals surface area contributed by atoms with Crippen LogP contribution in [0.3, 0.4) is 0 Å². The van der Waals surface area contributed by atoms with E-state index in [-0.39, 0.29) is 11.2 Å². The number of benzene rings is 1. The summed E-state index contributed by atoms with van der Waals surface area (Å²) in [5, 5.41) is 3.57. The molecule has 1 fully saturated rings. The number of aromatic nitrogens is 2. The van der Waals surface area contributed by atoms with E-state index in [1.807, 2.05) is 30.3 Å². The van der Waals surface area contributed by atoms with E-state index in [2.05, 4.69) is 15.3 Å². The Bertz CT molecular complexity index is 633. The Labute approximate surface area is 132 Å². The van der Waals surface area contributed by atoms with Gasteiger partial charge >= 0.3 is 0 Å². The fourth-order valence-corrected chi connectivity index (χ4v) is 2.73. The van der Waals surface area contributed by atoms with Crippen LogP contribution in [0.2, 0.25) is 5.15 Å². The van der Waals surface area contributed by atoms with Crippen LogP contribution in [0.25, 0.3) is 0 Å². The van der Waals surface area contributed by atoms with Crippen molar-refractivity contribution in [3.05, 3.63) is 58.6 Å². The van der Waals surface area contributed by atoms with Crippen molar-refractivity contribution in [3.63, 3.8) is 0 Å². The summed E-state index contributed by atoms with van der Waals surface area (Å²) in [5.41, 5.74) is 1.86. The molecule has 3 nitrogen and oxygen atoms in total. The molecule has 116 valence electrons. The molecule has 2 aromatic rings. The Hall–Kier alpha value is -1.59. The van der Waals surface area contributed by atoms with Gasteiger partial charge in [-0.3, -0.25) is 0 Å². The Kier molecular flexibility index (Phi) is 4.64. The minimum atomic E-state index is -2.71. The molecule has 22 heavy (non-hydrogen) atoms. The molecule has 0 aliphatic heterocycles. The van der Waals surface area contributed by atoms with Gasteiger partial charge < -0.3 is 5.32 Å². The highest BCUT2D eigenvalue weighted by Crippen LogP contribution is 2.42. The predicted molar refractivity (Wildman–Crippen MR) is 80.7 cm³/mol. The fraction of sp³-hybridized carbons (Fsp3) is 0.375. The second-order valence-corrected chi connectivity index (χ2v) is 5.81. The Morgan fingerprint density at radius 2 is 1.95 bits per heavy atom. The van der Waals surface area contributed by atoms with Crippen LogP contribution in [-0.4, -0.2) is 9.97 Å². The second kappa shape index (κ2) is 6.67. The molecular weight excluding hydrogens is 308 g/mol. The zero-order valence-electron chi connectivity index (χ0n) is 11.8. The van der Waals surface area contributed by atoms with Crippen molar-refractivity contribution in [1.82, 2.24) is 15.3 Å². The molecule has 0 amide bonds. The third-order valence-electron chi connectivity index (χ3n) is 3.78. The Balaban J connectivity index is 1.76. The first-order valence-electron chi connectivity index (χ1n) is 7.23. The van der Waals surface area contributed by atoms with E-state index in [0.717, 1.165) is 18.4 Å². The molecule has 1 unspecified atom stereocenters. The SMILES string of the molecule is FC(F)c1ncc(C(NCc2ccccc2)C2CC2)c(Cl)n1. The van der Waals surface area contributed by atoms with E-state index < -0.39 is 12.2 Å². The van der Waals surface area contributed by atoms with Crippen molar-refractivity contribution in [1.29, 1.82) is 0 Å². The Morgan fingerprint density at radius 1 is 1.23 bits per heavy atom. The average molecular weight is 324 g/mol. The number of nitrogens with one attached hydrogen (secondary N) is 1. The highest BCUT2D eigenvalue weighted by molar-refractivity contribution is 6.30. The molecule has 0 bridgehead atoms. The van der Waals surface area contributed by atoms with Crippen molar-refractivity contribution in [2.75, 3.05) is 0 Å². The maximum Gasteiger partial charge on any atom is 0.297 e. The van der Waals surface area contributed by atoms with Crippen LogP contribution in [0.4, 0.5) is 8.78 Å². The largest absolute Gasteiger partial charge is 0.305 e. The third-order valence-corrected chi connectivity index (χ3v) is 4.08. The molecule has 1 aliphatic carbocycles. The molecule has 0 spiro atoms. The first kappa shape index (κ1) is 15.3. The zero-order valence-corrected chi connectivity index (χ0v) is 12.6. The zero-order chi connectivity index (χ0) is 15.5. The smallest absolute Gasteiger partial charge is 0.297 e.